The number of hydrogen-bond acceptors (Lipinski definition) is 2. The van der Waals surface area contributed by atoms with Crippen LogP contribution in [0.15, 0.2) is 170 Å². The van der Waals surface area contributed by atoms with Crippen LogP contribution in [-0.4, -0.2) is 9.97 Å². The summed E-state index contributed by atoms with van der Waals surface area (Å²) in [5.74, 6) is 0. The van der Waals surface area contributed by atoms with E-state index < -0.39 is 0 Å². The van der Waals surface area contributed by atoms with Gasteiger partial charge in [0.05, 0.1) is 11.4 Å². The van der Waals surface area contributed by atoms with Crippen LogP contribution in [0.1, 0.15) is 0 Å². The Morgan fingerprint density at radius 3 is 1.74 bits per heavy atom. The minimum absolute atomic E-state index is 0.926. The van der Waals surface area contributed by atoms with Crippen LogP contribution in [0.4, 0.5) is 0 Å². The van der Waals surface area contributed by atoms with Crippen LogP contribution < -0.4 is 0 Å². The Bertz CT molecular complexity index is 2570. The first-order valence-corrected chi connectivity index (χ1v) is 15.7. The van der Waals surface area contributed by atoms with Gasteiger partial charge in [0.15, 0.2) is 0 Å². The maximum Gasteiger partial charge on any atom is 0.0708 e. The van der Waals surface area contributed by atoms with Crippen LogP contribution in [0.3, 0.4) is 0 Å². The lowest BCUT2D eigenvalue weighted by molar-refractivity contribution is 1.29. The minimum atomic E-state index is 0.926. The molecule has 2 nitrogen and oxygen atoms in total. The summed E-state index contributed by atoms with van der Waals surface area (Å²) in [6, 6.07) is 56.6. The Labute approximate surface area is 267 Å². The zero-order valence-electron chi connectivity index (χ0n) is 25.1. The Morgan fingerprint density at radius 1 is 0.304 bits per heavy atom. The molecule has 2 heteroatoms. The summed E-state index contributed by atoms with van der Waals surface area (Å²) in [6.07, 6.45) is 3.72. The van der Waals surface area contributed by atoms with E-state index in [0.29, 0.717) is 0 Å². The van der Waals surface area contributed by atoms with E-state index in [9.17, 15) is 0 Å². The van der Waals surface area contributed by atoms with Gasteiger partial charge in [-0.15, -0.1) is 0 Å². The first-order valence-electron chi connectivity index (χ1n) is 15.7. The minimum Gasteiger partial charge on any atom is -0.256 e. The lowest BCUT2D eigenvalue weighted by Gasteiger charge is -2.20. The summed E-state index contributed by atoms with van der Waals surface area (Å²) in [5, 5.41) is 9.96. The zero-order valence-corrected chi connectivity index (χ0v) is 25.1. The lowest BCUT2D eigenvalue weighted by Crippen LogP contribution is -1.93. The molecule has 0 amide bonds. The third-order valence-corrected chi connectivity index (χ3v) is 9.14. The van der Waals surface area contributed by atoms with E-state index in [-0.39, 0.29) is 0 Å². The molecule has 46 heavy (non-hydrogen) atoms. The largest absolute Gasteiger partial charge is 0.256 e. The molecular weight excluding hydrogens is 556 g/mol. The van der Waals surface area contributed by atoms with Crippen LogP contribution in [0.25, 0.3) is 87.9 Å². The number of nitrogens with zero attached hydrogens (tertiary/aromatic N) is 2. The first kappa shape index (κ1) is 26.3. The molecule has 2 aromatic heterocycles. The van der Waals surface area contributed by atoms with Gasteiger partial charge < -0.3 is 0 Å². The van der Waals surface area contributed by atoms with Crippen molar-refractivity contribution in [1.29, 1.82) is 0 Å². The number of hydrogen-bond donors (Lipinski definition) is 0. The van der Waals surface area contributed by atoms with Crippen molar-refractivity contribution >= 4 is 43.1 Å². The van der Waals surface area contributed by atoms with E-state index in [4.69, 9.17) is 4.98 Å². The predicted octanol–water partition coefficient (Wildman–Crippen LogP) is 11.8. The smallest absolute Gasteiger partial charge is 0.0708 e. The fourth-order valence-corrected chi connectivity index (χ4v) is 7.09. The van der Waals surface area contributed by atoms with Gasteiger partial charge in [-0.1, -0.05) is 121 Å². The molecule has 0 bridgehead atoms. The topological polar surface area (TPSA) is 25.8 Å². The lowest BCUT2D eigenvalue weighted by atomic mass is 9.83. The second-order valence-electron chi connectivity index (χ2n) is 11.8. The fraction of sp³-hybridized carbons (Fsp3) is 0. The van der Waals surface area contributed by atoms with Crippen molar-refractivity contribution < 1.29 is 0 Å². The molecule has 0 saturated heterocycles. The van der Waals surface area contributed by atoms with E-state index in [0.717, 1.165) is 22.5 Å². The maximum atomic E-state index is 4.83. The average molecular weight is 585 g/mol. The van der Waals surface area contributed by atoms with Crippen molar-refractivity contribution in [1.82, 2.24) is 9.97 Å². The van der Waals surface area contributed by atoms with Crippen LogP contribution >= 0.6 is 0 Å². The molecule has 2 heterocycles. The van der Waals surface area contributed by atoms with E-state index in [1.807, 2.05) is 36.7 Å². The van der Waals surface area contributed by atoms with Crippen molar-refractivity contribution in [2.45, 2.75) is 0 Å². The highest BCUT2D eigenvalue weighted by Crippen LogP contribution is 2.47. The molecule has 0 fully saturated rings. The number of rotatable bonds is 4. The zero-order chi connectivity index (χ0) is 30.5. The number of aromatic nitrogens is 2. The van der Waals surface area contributed by atoms with Gasteiger partial charge in [-0.2, -0.15) is 0 Å². The predicted molar refractivity (Wildman–Crippen MR) is 194 cm³/mol. The molecule has 0 spiro atoms. The van der Waals surface area contributed by atoms with Crippen LogP contribution in [0, 0.1) is 0 Å². The Kier molecular flexibility index (Phi) is 6.17. The van der Waals surface area contributed by atoms with Crippen molar-refractivity contribution in [3.63, 3.8) is 0 Å². The van der Waals surface area contributed by atoms with Crippen LogP contribution in [0.5, 0.6) is 0 Å². The summed E-state index contributed by atoms with van der Waals surface area (Å²) in [6.45, 7) is 0. The highest BCUT2D eigenvalue weighted by Gasteiger charge is 2.20. The molecular formula is C44H28N2. The summed E-state index contributed by atoms with van der Waals surface area (Å²) in [5.41, 5.74) is 8.94. The molecule has 0 aliphatic rings. The Morgan fingerprint density at radius 2 is 0.935 bits per heavy atom. The van der Waals surface area contributed by atoms with E-state index in [1.54, 1.807) is 0 Å². The fourth-order valence-electron chi connectivity index (χ4n) is 7.09. The molecule has 9 rings (SSSR count). The third-order valence-electron chi connectivity index (χ3n) is 9.14. The SMILES string of the molecule is c1ccc(-c2c3ccccc3c(-c3cc4ccccc4c4ccccc34)c3ccc(-c4cc(-c5ccccn5)ccn4)cc23)cc1. The van der Waals surface area contributed by atoms with Gasteiger partial charge in [-0.05, 0) is 102 Å². The quantitative estimate of drug-likeness (QED) is 0.152. The number of fused-ring (bicyclic) bond motifs is 5. The standard InChI is InChI=1S/C44H28N2/c1-2-12-29(13-3-1)43-36-18-8-9-19-37(36)44(39-26-30-14-4-5-15-33(30)34-16-6-7-17-35(34)39)38-22-21-31(27-40(38)43)42-28-32(23-25-46-42)41-20-10-11-24-45-41/h1-28H. The van der Waals surface area contributed by atoms with E-state index in [2.05, 4.69) is 138 Å². The van der Waals surface area contributed by atoms with Crippen LogP contribution in [-0.2, 0) is 0 Å². The van der Waals surface area contributed by atoms with Crippen molar-refractivity contribution in [2.75, 3.05) is 0 Å². The number of benzene rings is 7. The molecule has 7 aromatic carbocycles. The highest BCUT2D eigenvalue weighted by molar-refractivity contribution is 6.26. The summed E-state index contributed by atoms with van der Waals surface area (Å²) in [4.78, 5) is 9.42. The highest BCUT2D eigenvalue weighted by atomic mass is 14.7. The molecule has 0 unspecified atom stereocenters. The van der Waals surface area contributed by atoms with Crippen LogP contribution in [0.2, 0.25) is 0 Å². The molecule has 214 valence electrons. The van der Waals surface area contributed by atoms with Gasteiger partial charge in [0.1, 0.15) is 0 Å². The van der Waals surface area contributed by atoms with Crippen molar-refractivity contribution in [2.24, 2.45) is 0 Å². The second-order valence-corrected chi connectivity index (χ2v) is 11.8. The molecule has 0 N–H and O–H groups in total. The monoisotopic (exact) mass is 584 g/mol. The second kappa shape index (κ2) is 10.8. The van der Waals surface area contributed by atoms with Gasteiger partial charge in [-0.3, -0.25) is 9.97 Å². The van der Waals surface area contributed by atoms with E-state index >= 15 is 0 Å². The summed E-state index contributed by atoms with van der Waals surface area (Å²) < 4.78 is 0. The maximum absolute atomic E-state index is 4.83. The summed E-state index contributed by atoms with van der Waals surface area (Å²) >= 11 is 0. The average Bonchev–Trinajstić information content (AvgIpc) is 3.14. The van der Waals surface area contributed by atoms with Gasteiger partial charge in [0.2, 0.25) is 0 Å². The molecule has 0 radical (unpaired) electrons. The van der Waals surface area contributed by atoms with E-state index in [1.165, 1.54) is 65.3 Å². The normalized spacial score (nSPS) is 11.5. The van der Waals surface area contributed by atoms with Crippen molar-refractivity contribution in [3.8, 4) is 44.8 Å². The van der Waals surface area contributed by atoms with Gasteiger partial charge in [0, 0.05) is 23.5 Å². The first-order chi connectivity index (χ1) is 22.8. The summed E-state index contributed by atoms with van der Waals surface area (Å²) in [7, 11) is 0. The molecule has 0 aliphatic carbocycles. The van der Waals surface area contributed by atoms with Gasteiger partial charge in [0.25, 0.3) is 0 Å². The molecule has 9 aromatic rings. The van der Waals surface area contributed by atoms with Gasteiger partial charge in [-0.25, -0.2) is 0 Å². The van der Waals surface area contributed by atoms with Gasteiger partial charge >= 0.3 is 0 Å². The molecule has 0 saturated carbocycles. The third kappa shape index (κ3) is 4.27. The molecule has 0 aliphatic heterocycles. The number of pyridine rings is 2. The Balaban J connectivity index is 1.40. The molecule has 0 atom stereocenters. The Hall–Kier alpha value is -6.12. The van der Waals surface area contributed by atoms with Crippen molar-refractivity contribution in [3.05, 3.63) is 170 Å².